The van der Waals surface area contributed by atoms with E-state index < -0.39 is 5.60 Å². The number of benzene rings is 1. The molecule has 102 valence electrons. The summed E-state index contributed by atoms with van der Waals surface area (Å²) in [6.45, 7) is 8.68. The van der Waals surface area contributed by atoms with Crippen molar-refractivity contribution in [1.82, 2.24) is 5.32 Å². The van der Waals surface area contributed by atoms with Crippen molar-refractivity contribution in [2.45, 2.75) is 45.9 Å². The molecule has 1 aromatic rings. The molecule has 1 aromatic carbocycles. The minimum atomic E-state index is -0.704. The van der Waals surface area contributed by atoms with Gasteiger partial charge < -0.3 is 15.2 Å². The van der Waals surface area contributed by atoms with E-state index in [1.807, 2.05) is 32.0 Å². The zero-order valence-corrected chi connectivity index (χ0v) is 12.2. The molecule has 2 N–H and O–H groups in total. The molecule has 0 amide bonds. The second kappa shape index (κ2) is 6.41. The summed E-state index contributed by atoms with van der Waals surface area (Å²) in [4.78, 5) is 0. The van der Waals surface area contributed by atoms with Gasteiger partial charge in [-0.25, -0.2) is 0 Å². The van der Waals surface area contributed by atoms with E-state index in [4.69, 9.17) is 16.3 Å². The molecule has 4 heteroatoms. The summed E-state index contributed by atoms with van der Waals surface area (Å²) < 4.78 is 5.57. The van der Waals surface area contributed by atoms with Crippen LogP contribution in [-0.2, 0) is 6.54 Å². The number of halogens is 1. The third-order valence-corrected chi connectivity index (χ3v) is 2.54. The fourth-order valence-electron chi connectivity index (χ4n) is 1.52. The van der Waals surface area contributed by atoms with Gasteiger partial charge in [0, 0.05) is 13.1 Å². The first-order valence-corrected chi connectivity index (χ1v) is 6.54. The predicted molar refractivity (Wildman–Crippen MR) is 75.2 cm³/mol. The molecule has 0 bridgehead atoms. The van der Waals surface area contributed by atoms with Crippen LogP contribution in [0.1, 0.15) is 33.3 Å². The summed E-state index contributed by atoms with van der Waals surface area (Å²) >= 11 is 6.14. The third kappa shape index (κ3) is 5.71. The van der Waals surface area contributed by atoms with Gasteiger partial charge in [0.1, 0.15) is 5.75 Å². The molecule has 0 saturated carbocycles. The van der Waals surface area contributed by atoms with Gasteiger partial charge in [-0.1, -0.05) is 17.7 Å². The Labute approximate surface area is 114 Å². The van der Waals surface area contributed by atoms with Crippen molar-refractivity contribution >= 4 is 11.6 Å². The third-order valence-electron chi connectivity index (χ3n) is 2.25. The van der Waals surface area contributed by atoms with Crippen LogP contribution in [0.4, 0.5) is 0 Å². The second-order valence-corrected chi connectivity index (χ2v) is 5.75. The van der Waals surface area contributed by atoms with Gasteiger partial charge in [-0.05, 0) is 45.4 Å². The van der Waals surface area contributed by atoms with E-state index in [9.17, 15) is 5.11 Å². The quantitative estimate of drug-likeness (QED) is 0.836. The molecular formula is C14H22ClNO2. The van der Waals surface area contributed by atoms with Crippen molar-refractivity contribution in [3.05, 3.63) is 28.8 Å². The van der Waals surface area contributed by atoms with Gasteiger partial charge in [0.25, 0.3) is 0 Å². The number of hydrogen-bond acceptors (Lipinski definition) is 3. The molecule has 0 atom stereocenters. The Morgan fingerprint density at radius 1 is 1.39 bits per heavy atom. The van der Waals surface area contributed by atoms with E-state index in [2.05, 4.69) is 5.32 Å². The monoisotopic (exact) mass is 271 g/mol. The molecule has 0 unspecified atom stereocenters. The Morgan fingerprint density at radius 2 is 2.06 bits per heavy atom. The molecule has 0 radical (unpaired) electrons. The minimum absolute atomic E-state index is 0.113. The highest BCUT2D eigenvalue weighted by Crippen LogP contribution is 2.26. The van der Waals surface area contributed by atoms with Crippen LogP contribution in [0.25, 0.3) is 0 Å². The maximum atomic E-state index is 9.58. The van der Waals surface area contributed by atoms with Gasteiger partial charge in [-0.15, -0.1) is 0 Å². The molecule has 0 aliphatic heterocycles. The van der Waals surface area contributed by atoms with Gasteiger partial charge in [0.05, 0.1) is 16.7 Å². The van der Waals surface area contributed by atoms with Gasteiger partial charge in [0.2, 0.25) is 0 Å². The Kier molecular flexibility index (Phi) is 5.45. The molecule has 0 aromatic heterocycles. The van der Waals surface area contributed by atoms with Gasteiger partial charge in [0.15, 0.2) is 0 Å². The van der Waals surface area contributed by atoms with Crippen LogP contribution in [0.3, 0.4) is 0 Å². The van der Waals surface area contributed by atoms with Crippen molar-refractivity contribution in [3.8, 4) is 5.75 Å². The summed E-state index contributed by atoms with van der Waals surface area (Å²) in [6.07, 6.45) is 0.113. The van der Waals surface area contributed by atoms with Crippen LogP contribution in [-0.4, -0.2) is 23.4 Å². The highest BCUT2D eigenvalue weighted by molar-refractivity contribution is 6.32. The highest BCUT2D eigenvalue weighted by atomic mass is 35.5. The first-order chi connectivity index (χ1) is 8.28. The van der Waals surface area contributed by atoms with Gasteiger partial charge in [-0.3, -0.25) is 0 Å². The van der Waals surface area contributed by atoms with Crippen molar-refractivity contribution in [1.29, 1.82) is 0 Å². The SMILES string of the molecule is CC(C)Oc1ccc(CNCC(C)(C)O)cc1Cl. The van der Waals surface area contributed by atoms with E-state index >= 15 is 0 Å². The number of ether oxygens (including phenoxy) is 1. The molecule has 1 rings (SSSR count). The van der Waals surface area contributed by atoms with Crippen molar-refractivity contribution in [2.24, 2.45) is 0 Å². The van der Waals surface area contributed by atoms with Crippen LogP contribution in [0.2, 0.25) is 5.02 Å². The molecule has 0 fully saturated rings. The van der Waals surface area contributed by atoms with Crippen molar-refractivity contribution < 1.29 is 9.84 Å². The lowest BCUT2D eigenvalue weighted by Crippen LogP contribution is -2.34. The van der Waals surface area contributed by atoms with Crippen LogP contribution in [0.15, 0.2) is 18.2 Å². The Morgan fingerprint density at radius 3 is 2.56 bits per heavy atom. The molecule has 0 saturated heterocycles. The summed E-state index contributed by atoms with van der Waals surface area (Å²) in [5, 5.41) is 13.4. The summed E-state index contributed by atoms with van der Waals surface area (Å²) in [5.41, 5.74) is 0.366. The lowest BCUT2D eigenvalue weighted by Gasteiger charge is -2.18. The zero-order valence-electron chi connectivity index (χ0n) is 11.5. The average Bonchev–Trinajstić information content (AvgIpc) is 2.19. The number of nitrogens with one attached hydrogen (secondary N) is 1. The highest BCUT2D eigenvalue weighted by Gasteiger charge is 2.11. The Hall–Kier alpha value is -0.770. The Bertz CT molecular complexity index is 386. The molecule has 3 nitrogen and oxygen atoms in total. The lowest BCUT2D eigenvalue weighted by molar-refractivity contribution is 0.0795. The predicted octanol–water partition coefficient (Wildman–Crippen LogP) is 2.99. The summed E-state index contributed by atoms with van der Waals surface area (Å²) in [7, 11) is 0. The maximum absolute atomic E-state index is 9.58. The lowest BCUT2D eigenvalue weighted by atomic mass is 10.1. The molecule has 0 spiro atoms. The molecule has 0 aliphatic carbocycles. The minimum Gasteiger partial charge on any atom is -0.489 e. The maximum Gasteiger partial charge on any atom is 0.138 e. The molecule has 18 heavy (non-hydrogen) atoms. The van der Waals surface area contributed by atoms with Crippen molar-refractivity contribution in [3.63, 3.8) is 0 Å². The smallest absolute Gasteiger partial charge is 0.138 e. The van der Waals surface area contributed by atoms with E-state index in [-0.39, 0.29) is 6.10 Å². The van der Waals surface area contributed by atoms with Crippen LogP contribution >= 0.6 is 11.6 Å². The van der Waals surface area contributed by atoms with Crippen molar-refractivity contribution in [2.75, 3.05) is 6.54 Å². The summed E-state index contributed by atoms with van der Waals surface area (Å²) in [5.74, 6) is 0.706. The largest absolute Gasteiger partial charge is 0.489 e. The number of aliphatic hydroxyl groups is 1. The van der Waals surface area contributed by atoms with E-state index in [1.54, 1.807) is 13.8 Å². The first-order valence-electron chi connectivity index (χ1n) is 6.16. The fraction of sp³-hybridized carbons (Fsp3) is 0.571. The van der Waals surface area contributed by atoms with Gasteiger partial charge >= 0.3 is 0 Å². The van der Waals surface area contributed by atoms with Crippen LogP contribution in [0, 0.1) is 0 Å². The number of rotatable bonds is 6. The van der Waals surface area contributed by atoms with E-state index in [0.717, 1.165) is 5.56 Å². The van der Waals surface area contributed by atoms with Gasteiger partial charge in [-0.2, -0.15) is 0 Å². The fourth-order valence-corrected chi connectivity index (χ4v) is 1.76. The second-order valence-electron chi connectivity index (χ2n) is 5.35. The average molecular weight is 272 g/mol. The standard InChI is InChI=1S/C14H22ClNO2/c1-10(2)18-13-6-5-11(7-12(13)15)8-16-9-14(3,4)17/h5-7,10,16-17H,8-9H2,1-4H3. The topological polar surface area (TPSA) is 41.5 Å². The number of hydrogen-bond donors (Lipinski definition) is 2. The van der Waals surface area contributed by atoms with Crippen LogP contribution < -0.4 is 10.1 Å². The molecular weight excluding hydrogens is 250 g/mol. The Balaban J connectivity index is 2.56. The molecule has 0 aliphatic rings. The van der Waals surface area contributed by atoms with Crippen LogP contribution in [0.5, 0.6) is 5.75 Å². The molecule has 0 heterocycles. The van der Waals surface area contributed by atoms with E-state index in [1.165, 1.54) is 0 Å². The normalized spacial score (nSPS) is 11.9. The zero-order chi connectivity index (χ0) is 13.8. The summed E-state index contributed by atoms with van der Waals surface area (Å²) in [6, 6.07) is 5.74. The van der Waals surface area contributed by atoms with E-state index in [0.29, 0.717) is 23.9 Å². The first kappa shape index (κ1) is 15.3.